The molecule has 0 N–H and O–H groups in total. The molecule has 1 aromatic heterocycles. The van der Waals surface area contributed by atoms with Gasteiger partial charge < -0.3 is 9.47 Å². The van der Waals surface area contributed by atoms with Crippen LogP contribution in [0.3, 0.4) is 0 Å². The highest BCUT2D eigenvalue weighted by molar-refractivity contribution is 14.1. The molecule has 0 bridgehead atoms. The van der Waals surface area contributed by atoms with Crippen LogP contribution in [0, 0.1) is 3.70 Å². The van der Waals surface area contributed by atoms with Gasteiger partial charge in [0.2, 0.25) is 0 Å². The molecule has 0 aliphatic rings. The molecule has 3 nitrogen and oxygen atoms in total. The zero-order chi connectivity index (χ0) is 12.3. The second kappa shape index (κ2) is 5.26. The third-order valence-corrected chi connectivity index (χ3v) is 2.52. The maximum atomic E-state index is 12.1. The van der Waals surface area contributed by atoms with Crippen LogP contribution in [-0.4, -0.2) is 18.5 Å². The fraction of sp³-hybridized carbons (Fsp3) is 0.375. The van der Waals surface area contributed by atoms with Gasteiger partial charge in [-0.15, -0.1) is 24.8 Å². The first-order valence-electron chi connectivity index (χ1n) is 3.92. The van der Waals surface area contributed by atoms with E-state index < -0.39 is 12.1 Å². The van der Waals surface area contributed by atoms with Crippen LogP contribution in [0.15, 0.2) is 6.07 Å². The average Bonchev–Trinajstić information content (AvgIpc) is 2.14. The summed E-state index contributed by atoms with van der Waals surface area (Å²) in [4.78, 5) is 3.94. The predicted octanol–water partition coefficient (Wildman–Crippen LogP) is 3.33. The molecule has 0 aromatic carbocycles. The highest BCUT2D eigenvalue weighted by Gasteiger charge is 2.33. The molecule has 8 heteroatoms. The highest BCUT2D eigenvalue weighted by Crippen LogP contribution is 2.35. The maximum absolute atomic E-state index is 12.1. The third kappa shape index (κ3) is 3.55. The summed E-state index contributed by atoms with van der Waals surface area (Å²) in [5.41, 5.74) is 0.283. The van der Waals surface area contributed by atoms with Crippen molar-refractivity contribution in [2.45, 2.75) is 12.2 Å². The Bertz CT molecular complexity index is 386. The quantitative estimate of drug-likeness (QED) is 0.467. The molecule has 0 spiro atoms. The minimum atomic E-state index is -4.78. The Morgan fingerprint density at radius 1 is 1.50 bits per heavy atom. The van der Waals surface area contributed by atoms with Crippen molar-refractivity contribution in [2.75, 3.05) is 7.11 Å². The van der Waals surface area contributed by atoms with Gasteiger partial charge in [0.15, 0.2) is 11.5 Å². The number of hydrogen-bond donors (Lipinski definition) is 0. The van der Waals surface area contributed by atoms with Crippen molar-refractivity contribution >= 4 is 34.2 Å². The minimum Gasteiger partial charge on any atom is -0.490 e. The van der Waals surface area contributed by atoms with Gasteiger partial charge in [-0.1, -0.05) is 0 Å². The zero-order valence-corrected chi connectivity index (χ0v) is 10.9. The first-order chi connectivity index (χ1) is 7.37. The summed E-state index contributed by atoms with van der Waals surface area (Å²) in [5, 5.41) is 0. The molecule has 1 rings (SSSR count). The fourth-order valence-corrected chi connectivity index (χ4v) is 1.91. The van der Waals surface area contributed by atoms with E-state index in [0.717, 1.165) is 6.07 Å². The molecule has 0 amide bonds. The predicted molar refractivity (Wildman–Crippen MR) is 59.7 cm³/mol. The van der Waals surface area contributed by atoms with Gasteiger partial charge in [0.05, 0.1) is 18.7 Å². The van der Waals surface area contributed by atoms with Crippen molar-refractivity contribution in [1.29, 1.82) is 0 Å². The van der Waals surface area contributed by atoms with Crippen molar-refractivity contribution in [3.63, 3.8) is 0 Å². The molecular formula is C8H6ClF3INO2. The van der Waals surface area contributed by atoms with E-state index in [0.29, 0.717) is 0 Å². The Labute approximate surface area is 108 Å². The van der Waals surface area contributed by atoms with Crippen LogP contribution in [0.5, 0.6) is 11.5 Å². The normalized spacial score (nSPS) is 11.4. The summed E-state index contributed by atoms with van der Waals surface area (Å²) in [7, 11) is 1.24. The Morgan fingerprint density at radius 2 is 2.12 bits per heavy atom. The van der Waals surface area contributed by atoms with E-state index in [1.165, 1.54) is 7.11 Å². The first-order valence-corrected chi connectivity index (χ1v) is 5.54. The molecule has 0 atom stereocenters. The SMILES string of the molecule is COc1c(OC(F)(F)F)cc(CCl)nc1I. The van der Waals surface area contributed by atoms with E-state index in [-0.39, 0.29) is 21.0 Å². The summed E-state index contributed by atoms with van der Waals surface area (Å²) >= 11 is 7.24. The van der Waals surface area contributed by atoms with E-state index >= 15 is 0 Å². The first kappa shape index (κ1) is 13.6. The van der Waals surface area contributed by atoms with Crippen LogP contribution < -0.4 is 9.47 Å². The molecule has 0 aliphatic carbocycles. The number of hydrogen-bond acceptors (Lipinski definition) is 3. The topological polar surface area (TPSA) is 31.4 Å². The number of methoxy groups -OCH3 is 1. The van der Waals surface area contributed by atoms with Crippen molar-refractivity contribution in [1.82, 2.24) is 4.98 Å². The van der Waals surface area contributed by atoms with Crippen molar-refractivity contribution < 1.29 is 22.6 Å². The summed E-state index contributed by atoms with van der Waals surface area (Å²) in [5.74, 6) is -0.509. The fourth-order valence-electron chi connectivity index (χ4n) is 0.981. The van der Waals surface area contributed by atoms with Gasteiger partial charge >= 0.3 is 6.36 Å². The average molecular weight is 367 g/mol. The lowest BCUT2D eigenvalue weighted by Crippen LogP contribution is -2.18. The number of ether oxygens (including phenoxy) is 2. The number of pyridine rings is 1. The minimum absolute atomic E-state index is 0.00574. The van der Waals surface area contributed by atoms with E-state index in [4.69, 9.17) is 16.3 Å². The van der Waals surface area contributed by atoms with Gasteiger partial charge in [-0.3, -0.25) is 0 Å². The molecule has 0 saturated carbocycles. The van der Waals surface area contributed by atoms with Crippen LogP contribution in [-0.2, 0) is 5.88 Å². The van der Waals surface area contributed by atoms with Gasteiger partial charge in [0.25, 0.3) is 0 Å². The molecular weight excluding hydrogens is 361 g/mol. The lowest BCUT2D eigenvalue weighted by atomic mass is 10.3. The Kier molecular flexibility index (Phi) is 4.48. The summed E-state index contributed by atoms with van der Waals surface area (Å²) in [6.07, 6.45) is -4.78. The Morgan fingerprint density at radius 3 is 2.56 bits per heavy atom. The van der Waals surface area contributed by atoms with Crippen molar-refractivity contribution in [3.05, 3.63) is 15.5 Å². The van der Waals surface area contributed by atoms with Gasteiger partial charge in [-0.25, -0.2) is 4.98 Å². The van der Waals surface area contributed by atoms with Gasteiger partial charge in [-0.2, -0.15) is 0 Å². The standard InChI is InChI=1S/C8H6ClF3INO2/c1-15-6-5(16-8(10,11)12)2-4(3-9)14-7(6)13/h2H,3H2,1H3. The van der Waals surface area contributed by atoms with Crippen LogP contribution in [0.4, 0.5) is 13.2 Å². The second-order valence-electron chi connectivity index (χ2n) is 2.62. The molecule has 0 fully saturated rings. The number of aromatic nitrogens is 1. The zero-order valence-electron chi connectivity index (χ0n) is 7.94. The molecule has 1 aromatic rings. The second-order valence-corrected chi connectivity index (χ2v) is 3.91. The highest BCUT2D eigenvalue weighted by atomic mass is 127. The van der Waals surface area contributed by atoms with Crippen LogP contribution >= 0.6 is 34.2 Å². The van der Waals surface area contributed by atoms with Crippen molar-refractivity contribution in [3.8, 4) is 11.5 Å². The molecule has 0 unspecified atom stereocenters. The molecule has 90 valence electrons. The monoisotopic (exact) mass is 367 g/mol. The van der Waals surface area contributed by atoms with Gasteiger partial charge in [0, 0.05) is 6.07 Å². The number of nitrogens with zero attached hydrogens (tertiary/aromatic N) is 1. The van der Waals surface area contributed by atoms with Crippen LogP contribution in [0.25, 0.3) is 0 Å². The molecule has 0 saturated heterocycles. The largest absolute Gasteiger partial charge is 0.573 e. The molecule has 1 heterocycles. The smallest absolute Gasteiger partial charge is 0.490 e. The maximum Gasteiger partial charge on any atom is 0.573 e. The van der Waals surface area contributed by atoms with E-state index in [1.807, 2.05) is 0 Å². The lowest BCUT2D eigenvalue weighted by Gasteiger charge is -2.14. The third-order valence-electron chi connectivity index (χ3n) is 1.52. The van der Waals surface area contributed by atoms with Gasteiger partial charge in [-0.05, 0) is 22.6 Å². The van der Waals surface area contributed by atoms with Crippen molar-refractivity contribution in [2.24, 2.45) is 0 Å². The van der Waals surface area contributed by atoms with Gasteiger partial charge in [0.1, 0.15) is 3.70 Å². The summed E-state index contributed by atoms with van der Waals surface area (Å²) in [6, 6.07) is 1.10. The van der Waals surface area contributed by atoms with E-state index in [2.05, 4.69) is 9.72 Å². The molecule has 16 heavy (non-hydrogen) atoms. The summed E-state index contributed by atoms with van der Waals surface area (Å²) in [6.45, 7) is 0. The van der Waals surface area contributed by atoms with E-state index in [9.17, 15) is 13.2 Å². The van der Waals surface area contributed by atoms with Crippen LogP contribution in [0.2, 0.25) is 0 Å². The number of alkyl halides is 4. The Balaban J connectivity index is 3.18. The number of rotatable bonds is 3. The number of halogens is 5. The summed E-state index contributed by atoms with van der Waals surface area (Å²) < 4.78 is 45.1. The lowest BCUT2D eigenvalue weighted by molar-refractivity contribution is -0.275. The van der Waals surface area contributed by atoms with E-state index in [1.54, 1.807) is 22.6 Å². The van der Waals surface area contributed by atoms with Crippen LogP contribution in [0.1, 0.15) is 5.69 Å². The molecule has 0 aliphatic heterocycles. The Hall–Kier alpha value is -0.440. The molecule has 0 radical (unpaired) electrons.